The van der Waals surface area contributed by atoms with Crippen molar-refractivity contribution >= 4 is 11.4 Å². The van der Waals surface area contributed by atoms with Crippen LogP contribution in [0.1, 0.15) is 25.7 Å². The molecule has 1 aromatic carbocycles. The van der Waals surface area contributed by atoms with E-state index in [-0.39, 0.29) is 0 Å². The Hall–Kier alpha value is -1.22. The van der Waals surface area contributed by atoms with E-state index in [0.29, 0.717) is 5.41 Å². The third kappa shape index (κ3) is 2.71. The summed E-state index contributed by atoms with van der Waals surface area (Å²) in [6.07, 6.45) is 5.48. The smallest absolute Gasteiger partial charge is 0.0367 e. The van der Waals surface area contributed by atoms with Crippen molar-refractivity contribution in [2.45, 2.75) is 25.7 Å². The first-order chi connectivity index (χ1) is 9.17. The van der Waals surface area contributed by atoms with Crippen LogP contribution in [0.15, 0.2) is 24.3 Å². The van der Waals surface area contributed by atoms with Gasteiger partial charge in [0.15, 0.2) is 0 Å². The number of anilines is 2. The maximum absolute atomic E-state index is 5.76. The molecule has 0 bridgehead atoms. The molecule has 2 aliphatic heterocycles. The van der Waals surface area contributed by atoms with Crippen LogP contribution in [-0.4, -0.2) is 38.1 Å². The maximum Gasteiger partial charge on any atom is 0.0367 e. The number of likely N-dealkylation sites (tertiary alicyclic amines) is 1. The average molecular weight is 259 g/mol. The van der Waals surface area contributed by atoms with Crippen LogP contribution < -0.4 is 10.6 Å². The number of nitrogens with zero attached hydrogens (tertiary/aromatic N) is 2. The zero-order valence-electron chi connectivity index (χ0n) is 11.9. The van der Waals surface area contributed by atoms with Crippen molar-refractivity contribution in [1.82, 2.24) is 4.90 Å². The van der Waals surface area contributed by atoms with Crippen molar-refractivity contribution in [3.63, 3.8) is 0 Å². The van der Waals surface area contributed by atoms with Crippen molar-refractivity contribution < 1.29 is 0 Å². The Morgan fingerprint density at radius 3 is 2.00 bits per heavy atom. The number of rotatable bonds is 1. The average Bonchev–Trinajstić information content (AvgIpc) is 2.44. The Balaban J connectivity index is 1.61. The van der Waals surface area contributed by atoms with E-state index < -0.39 is 0 Å². The largest absolute Gasteiger partial charge is 0.399 e. The van der Waals surface area contributed by atoms with Gasteiger partial charge in [-0.2, -0.15) is 0 Å². The molecule has 2 fully saturated rings. The number of piperidine rings is 2. The number of benzene rings is 1. The summed E-state index contributed by atoms with van der Waals surface area (Å²) >= 11 is 0. The summed E-state index contributed by atoms with van der Waals surface area (Å²) in [7, 11) is 2.25. The van der Waals surface area contributed by atoms with E-state index in [1.165, 1.54) is 57.5 Å². The molecule has 0 aromatic heterocycles. The zero-order chi connectivity index (χ0) is 13.3. The molecular weight excluding hydrogens is 234 g/mol. The highest BCUT2D eigenvalue weighted by Crippen LogP contribution is 2.41. The van der Waals surface area contributed by atoms with Gasteiger partial charge in [-0.15, -0.1) is 0 Å². The summed E-state index contributed by atoms with van der Waals surface area (Å²) in [6, 6.07) is 8.33. The third-order valence-electron chi connectivity index (χ3n) is 5.13. The second-order valence-corrected chi connectivity index (χ2v) is 6.38. The highest BCUT2D eigenvalue weighted by atomic mass is 15.1. The van der Waals surface area contributed by atoms with Crippen molar-refractivity contribution in [1.29, 1.82) is 0 Å². The van der Waals surface area contributed by atoms with Gasteiger partial charge in [-0.25, -0.2) is 0 Å². The molecule has 3 heteroatoms. The van der Waals surface area contributed by atoms with E-state index in [4.69, 9.17) is 5.73 Å². The normalized spacial score (nSPS) is 23.7. The predicted octanol–water partition coefficient (Wildman–Crippen LogP) is 2.58. The number of hydrogen-bond acceptors (Lipinski definition) is 3. The number of nitrogen functional groups attached to an aromatic ring is 1. The molecule has 3 rings (SSSR count). The van der Waals surface area contributed by atoms with Crippen LogP contribution in [0.3, 0.4) is 0 Å². The fourth-order valence-electron chi connectivity index (χ4n) is 3.52. The first-order valence-corrected chi connectivity index (χ1v) is 7.46. The van der Waals surface area contributed by atoms with Crippen molar-refractivity contribution in [2.24, 2.45) is 5.41 Å². The van der Waals surface area contributed by atoms with E-state index in [0.717, 1.165) is 5.69 Å². The molecule has 1 aromatic rings. The van der Waals surface area contributed by atoms with Gasteiger partial charge in [0.05, 0.1) is 0 Å². The summed E-state index contributed by atoms with van der Waals surface area (Å²) in [5.74, 6) is 0. The topological polar surface area (TPSA) is 32.5 Å². The zero-order valence-corrected chi connectivity index (χ0v) is 11.9. The molecular formula is C16H25N3. The third-order valence-corrected chi connectivity index (χ3v) is 5.13. The SMILES string of the molecule is CN1CCC2(CC1)CCN(c1ccc(N)cc1)CC2. The standard InChI is InChI=1S/C16H25N3/c1-18-10-6-16(7-11-18)8-12-19(13-9-16)15-4-2-14(17)3-5-15/h2-5H,6-13,17H2,1H3. The van der Waals surface area contributed by atoms with Crippen molar-refractivity contribution in [3.05, 3.63) is 24.3 Å². The van der Waals surface area contributed by atoms with Crippen LogP contribution in [0.2, 0.25) is 0 Å². The Bertz CT molecular complexity index is 408. The minimum absolute atomic E-state index is 0.636. The lowest BCUT2D eigenvalue weighted by Gasteiger charge is -2.46. The van der Waals surface area contributed by atoms with Gasteiger partial charge in [0.1, 0.15) is 0 Å². The molecule has 0 saturated carbocycles. The van der Waals surface area contributed by atoms with E-state index in [2.05, 4.69) is 29.0 Å². The minimum atomic E-state index is 0.636. The van der Waals surface area contributed by atoms with Crippen LogP contribution in [-0.2, 0) is 0 Å². The lowest BCUT2D eigenvalue weighted by atomic mass is 9.71. The van der Waals surface area contributed by atoms with Gasteiger partial charge in [0.2, 0.25) is 0 Å². The van der Waals surface area contributed by atoms with E-state index in [9.17, 15) is 0 Å². The summed E-state index contributed by atoms with van der Waals surface area (Å²) in [5, 5.41) is 0. The molecule has 1 spiro atoms. The summed E-state index contributed by atoms with van der Waals surface area (Å²) < 4.78 is 0. The molecule has 0 amide bonds. The van der Waals surface area contributed by atoms with Crippen LogP contribution in [0.25, 0.3) is 0 Å². The van der Waals surface area contributed by atoms with E-state index in [1.54, 1.807) is 0 Å². The molecule has 2 aliphatic rings. The lowest BCUT2D eigenvalue weighted by molar-refractivity contribution is 0.0945. The predicted molar refractivity (Wildman–Crippen MR) is 81.5 cm³/mol. The van der Waals surface area contributed by atoms with Gasteiger partial charge >= 0.3 is 0 Å². The second kappa shape index (κ2) is 5.04. The van der Waals surface area contributed by atoms with Gasteiger partial charge in [-0.05, 0) is 75.5 Å². The van der Waals surface area contributed by atoms with Crippen LogP contribution in [0.4, 0.5) is 11.4 Å². The minimum Gasteiger partial charge on any atom is -0.399 e. The molecule has 19 heavy (non-hydrogen) atoms. The molecule has 0 radical (unpaired) electrons. The van der Waals surface area contributed by atoms with E-state index >= 15 is 0 Å². The fourth-order valence-corrected chi connectivity index (χ4v) is 3.52. The molecule has 3 nitrogen and oxygen atoms in total. The van der Waals surface area contributed by atoms with Gasteiger partial charge in [-0.1, -0.05) is 0 Å². The monoisotopic (exact) mass is 259 g/mol. The quantitative estimate of drug-likeness (QED) is 0.787. The molecule has 2 heterocycles. The van der Waals surface area contributed by atoms with Gasteiger partial charge in [-0.3, -0.25) is 0 Å². The Morgan fingerprint density at radius 2 is 1.42 bits per heavy atom. The summed E-state index contributed by atoms with van der Waals surface area (Å²) in [6.45, 7) is 4.96. The van der Waals surface area contributed by atoms with Crippen LogP contribution in [0, 0.1) is 5.41 Å². The molecule has 2 saturated heterocycles. The van der Waals surface area contributed by atoms with Crippen LogP contribution >= 0.6 is 0 Å². The van der Waals surface area contributed by atoms with Gasteiger partial charge in [0, 0.05) is 24.5 Å². The number of hydrogen-bond donors (Lipinski definition) is 1. The molecule has 2 N–H and O–H groups in total. The molecule has 0 aliphatic carbocycles. The highest BCUT2D eigenvalue weighted by Gasteiger charge is 2.36. The van der Waals surface area contributed by atoms with Gasteiger partial charge in [0.25, 0.3) is 0 Å². The maximum atomic E-state index is 5.76. The lowest BCUT2D eigenvalue weighted by Crippen LogP contribution is -2.46. The first kappa shape index (κ1) is 12.8. The highest BCUT2D eigenvalue weighted by molar-refractivity contribution is 5.53. The molecule has 0 unspecified atom stereocenters. The fraction of sp³-hybridized carbons (Fsp3) is 0.625. The Kier molecular flexibility index (Phi) is 3.40. The molecule has 104 valence electrons. The van der Waals surface area contributed by atoms with Crippen molar-refractivity contribution in [3.8, 4) is 0 Å². The Morgan fingerprint density at radius 1 is 0.895 bits per heavy atom. The van der Waals surface area contributed by atoms with Gasteiger partial charge < -0.3 is 15.5 Å². The van der Waals surface area contributed by atoms with E-state index in [1.807, 2.05) is 12.1 Å². The molecule has 0 atom stereocenters. The van der Waals surface area contributed by atoms with Crippen LogP contribution in [0.5, 0.6) is 0 Å². The summed E-state index contributed by atoms with van der Waals surface area (Å²) in [5.41, 5.74) is 8.58. The first-order valence-electron chi connectivity index (χ1n) is 7.46. The van der Waals surface area contributed by atoms with Crippen molar-refractivity contribution in [2.75, 3.05) is 43.9 Å². The number of nitrogens with two attached hydrogens (primary N) is 1. The summed E-state index contributed by atoms with van der Waals surface area (Å²) in [4.78, 5) is 4.99. The second-order valence-electron chi connectivity index (χ2n) is 6.38. The Labute approximate surface area is 116 Å².